The first-order chi connectivity index (χ1) is 14.2. The molecule has 1 atom stereocenters. The summed E-state index contributed by atoms with van der Waals surface area (Å²) in [4.78, 5) is 16.7. The Balaban J connectivity index is 1.91. The quantitative estimate of drug-likeness (QED) is 0.534. The molecule has 1 aromatic carbocycles. The van der Waals surface area contributed by atoms with Crippen LogP contribution in [0, 0.1) is 6.92 Å². The summed E-state index contributed by atoms with van der Waals surface area (Å²) in [6.45, 7) is 2.94. The van der Waals surface area contributed by atoms with Crippen LogP contribution < -0.4 is 5.56 Å². The summed E-state index contributed by atoms with van der Waals surface area (Å²) in [5.41, 5.74) is 3.14. The van der Waals surface area contributed by atoms with Crippen molar-refractivity contribution >= 4 is 11.0 Å². The van der Waals surface area contributed by atoms with Crippen LogP contribution in [0.5, 0.6) is 0 Å². The molecule has 0 radical (unpaired) electrons. The highest BCUT2D eigenvalue weighted by Gasteiger charge is 2.40. The standard InChI is InChI=1S/C23H26F3N3O/c1-14-11-18(13-28(3)22(14)30)17-9-10-19-20(12-17)29(15(2)23(24,25)26)21(27-19)16-7-5-4-6-8-16/h9-13,15-16H,4-8H2,1-3H3/t15-/m1/s1. The van der Waals surface area contributed by atoms with Gasteiger partial charge in [0, 0.05) is 24.7 Å². The van der Waals surface area contributed by atoms with Gasteiger partial charge in [0.1, 0.15) is 11.9 Å². The first-order valence-electron chi connectivity index (χ1n) is 10.4. The van der Waals surface area contributed by atoms with E-state index in [-0.39, 0.29) is 11.5 Å². The van der Waals surface area contributed by atoms with E-state index in [9.17, 15) is 18.0 Å². The van der Waals surface area contributed by atoms with Crippen molar-refractivity contribution in [2.45, 2.75) is 64.1 Å². The van der Waals surface area contributed by atoms with Crippen LogP contribution >= 0.6 is 0 Å². The van der Waals surface area contributed by atoms with Gasteiger partial charge >= 0.3 is 6.18 Å². The Kier molecular flexibility index (Phi) is 5.24. The Labute approximate surface area is 173 Å². The van der Waals surface area contributed by atoms with E-state index in [1.807, 2.05) is 6.07 Å². The molecule has 30 heavy (non-hydrogen) atoms. The Morgan fingerprint density at radius 3 is 2.43 bits per heavy atom. The normalized spacial score (nSPS) is 16.9. The summed E-state index contributed by atoms with van der Waals surface area (Å²) in [5.74, 6) is 0.600. The fraction of sp³-hybridized carbons (Fsp3) is 0.478. The van der Waals surface area contributed by atoms with Gasteiger partial charge in [-0.25, -0.2) is 4.98 Å². The maximum atomic E-state index is 13.8. The molecule has 3 aromatic rings. The van der Waals surface area contributed by atoms with Gasteiger partial charge in [0.15, 0.2) is 0 Å². The van der Waals surface area contributed by atoms with Crippen molar-refractivity contribution in [1.29, 1.82) is 0 Å². The van der Waals surface area contributed by atoms with Crippen LogP contribution in [-0.4, -0.2) is 20.3 Å². The fourth-order valence-electron chi connectivity index (χ4n) is 4.53. The van der Waals surface area contributed by atoms with E-state index in [1.54, 1.807) is 38.4 Å². The summed E-state index contributed by atoms with van der Waals surface area (Å²) in [5, 5.41) is 0. The van der Waals surface area contributed by atoms with Crippen molar-refractivity contribution in [2.75, 3.05) is 0 Å². The molecule has 0 unspecified atom stereocenters. The molecule has 1 aliphatic carbocycles. The molecule has 7 heteroatoms. The number of hydrogen-bond donors (Lipinski definition) is 0. The van der Waals surface area contributed by atoms with E-state index >= 15 is 0 Å². The molecule has 1 saturated carbocycles. The van der Waals surface area contributed by atoms with E-state index < -0.39 is 12.2 Å². The zero-order chi connectivity index (χ0) is 21.6. The van der Waals surface area contributed by atoms with Gasteiger partial charge in [-0.2, -0.15) is 13.2 Å². The SMILES string of the molecule is Cc1cc(-c2ccc3nc(C4CCCCC4)n([C@H](C)C(F)(F)F)c3c2)cn(C)c1=O. The van der Waals surface area contributed by atoms with Crippen LogP contribution in [0.1, 0.15) is 62.4 Å². The molecule has 0 spiro atoms. The third-order valence-corrected chi connectivity index (χ3v) is 6.24. The van der Waals surface area contributed by atoms with Gasteiger partial charge in [-0.05, 0) is 56.0 Å². The topological polar surface area (TPSA) is 39.8 Å². The van der Waals surface area contributed by atoms with Crippen LogP contribution in [-0.2, 0) is 7.05 Å². The highest BCUT2D eigenvalue weighted by molar-refractivity contribution is 5.83. The summed E-state index contributed by atoms with van der Waals surface area (Å²) >= 11 is 0. The van der Waals surface area contributed by atoms with E-state index in [1.165, 1.54) is 16.1 Å². The number of halogens is 3. The zero-order valence-corrected chi connectivity index (χ0v) is 17.5. The summed E-state index contributed by atoms with van der Waals surface area (Å²) in [6.07, 6.45) is 2.28. The number of alkyl halides is 3. The van der Waals surface area contributed by atoms with Gasteiger partial charge in [-0.3, -0.25) is 4.79 Å². The van der Waals surface area contributed by atoms with E-state index in [0.717, 1.165) is 43.2 Å². The zero-order valence-electron chi connectivity index (χ0n) is 17.5. The molecule has 2 aromatic heterocycles. The average Bonchev–Trinajstić information content (AvgIpc) is 3.09. The molecule has 0 bridgehead atoms. The largest absolute Gasteiger partial charge is 0.408 e. The number of hydrogen-bond acceptors (Lipinski definition) is 2. The maximum Gasteiger partial charge on any atom is 0.408 e. The molecule has 0 amide bonds. The molecule has 0 N–H and O–H groups in total. The summed E-state index contributed by atoms with van der Waals surface area (Å²) in [6, 6.07) is 5.55. The number of benzene rings is 1. The molecule has 4 rings (SSSR count). The lowest BCUT2D eigenvalue weighted by Crippen LogP contribution is -2.26. The van der Waals surface area contributed by atoms with Crippen LogP contribution in [0.25, 0.3) is 22.2 Å². The van der Waals surface area contributed by atoms with Gasteiger partial charge in [0.05, 0.1) is 11.0 Å². The average molecular weight is 417 g/mol. The van der Waals surface area contributed by atoms with E-state index in [0.29, 0.717) is 22.4 Å². The van der Waals surface area contributed by atoms with Crippen molar-refractivity contribution in [3.63, 3.8) is 0 Å². The molecule has 1 aliphatic rings. The number of nitrogens with zero attached hydrogens (tertiary/aromatic N) is 3. The Hall–Kier alpha value is -2.57. The molecule has 0 saturated heterocycles. The van der Waals surface area contributed by atoms with E-state index in [4.69, 9.17) is 0 Å². The third-order valence-electron chi connectivity index (χ3n) is 6.24. The minimum absolute atomic E-state index is 0.0548. The molecule has 0 aliphatic heterocycles. The number of fused-ring (bicyclic) bond motifs is 1. The molecular weight excluding hydrogens is 391 g/mol. The second-order valence-electron chi connectivity index (χ2n) is 8.42. The number of pyridine rings is 1. The Morgan fingerprint density at radius 2 is 1.80 bits per heavy atom. The second-order valence-corrected chi connectivity index (χ2v) is 8.42. The first kappa shape index (κ1) is 20.7. The van der Waals surface area contributed by atoms with Crippen LogP contribution in [0.4, 0.5) is 13.2 Å². The lowest BCUT2D eigenvalue weighted by molar-refractivity contribution is -0.162. The van der Waals surface area contributed by atoms with Crippen LogP contribution in [0.3, 0.4) is 0 Å². The maximum absolute atomic E-state index is 13.8. The number of aromatic nitrogens is 3. The molecule has 160 valence electrons. The number of aryl methyl sites for hydroxylation is 2. The predicted molar refractivity (Wildman–Crippen MR) is 112 cm³/mol. The smallest absolute Gasteiger partial charge is 0.318 e. The highest BCUT2D eigenvalue weighted by Crippen LogP contribution is 2.40. The van der Waals surface area contributed by atoms with Gasteiger partial charge < -0.3 is 9.13 Å². The van der Waals surface area contributed by atoms with Gasteiger partial charge in [-0.1, -0.05) is 25.3 Å². The minimum atomic E-state index is -4.36. The molecule has 4 nitrogen and oxygen atoms in total. The second kappa shape index (κ2) is 7.60. The molecule has 2 heterocycles. The van der Waals surface area contributed by atoms with Crippen molar-refractivity contribution in [3.8, 4) is 11.1 Å². The van der Waals surface area contributed by atoms with Crippen molar-refractivity contribution < 1.29 is 13.2 Å². The van der Waals surface area contributed by atoms with Crippen molar-refractivity contribution in [3.05, 3.63) is 52.2 Å². The molecular formula is C23H26F3N3O. The van der Waals surface area contributed by atoms with Crippen molar-refractivity contribution in [1.82, 2.24) is 14.1 Å². The lowest BCUT2D eigenvalue weighted by Gasteiger charge is -2.26. The molecule has 1 fully saturated rings. The summed E-state index contributed by atoms with van der Waals surface area (Å²) in [7, 11) is 1.68. The minimum Gasteiger partial charge on any atom is -0.318 e. The van der Waals surface area contributed by atoms with Gasteiger partial charge in [-0.15, -0.1) is 0 Å². The fourth-order valence-corrected chi connectivity index (χ4v) is 4.53. The highest BCUT2D eigenvalue weighted by atomic mass is 19.4. The van der Waals surface area contributed by atoms with Crippen molar-refractivity contribution in [2.24, 2.45) is 7.05 Å². The van der Waals surface area contributed by atoms with Crippen LogP contribution in [0.15, 0.2) is 35.3 Å². The number of imidazole rings is 1. The van der Waals surface area contributed by atoms with Gasteiger partial charge in [0.25, 0.3) is 5.56 Å². The predicted octanol–water partition coefficient (Wildman–Crippen LogP) is 5.88. The Bertz CT molecular complexity index is 1110. The van der Waals surface area contributed by atoms with E-state index in [2.05, 4.69) is 4.98 Å². The van der Waals surface area contributed by atoms with Gasteiger partial charge in [0.2, 0.25) is 0 Å². The monoisotopic (exact) mass is 417 g/mol. The third kappa shape index (κ3) is 3.66. The summed E-state index contributed by atoms with van der Waals surface area (Å²) < 4.78 is 44.2. The first-order valence-corrected chi connectivity index (χ1v) is 10.4. The number of rotatable bonds is 3. The van der Waals surface area contributed by atoms with Crippen LogP contribution in [0.2, 0.25) is 0 Å². The lowest BCUT2D eigenvalue weighted by atomic mass is 9.88. The Morgan fingerprint density at radius 1 is 1.10 bits per heavy atom.